The van der Waals surface area contributed by atoms with E-state index in [2.05, 4.69) is 68.5 Å². The van der Waals surface area contributed by atoms with Gasteiger partial charge in [-0.2, -0.15) is 0 Å². The average Bonchev–Trinajstić information content (AvgIpc) is 0.902. The minimum atomic E-state index is -1.73. The summed E-state index contributed by atoms with van der Waals surface area (Å²) in [5.74, 6) is -11.9. The van der Waals surface area contributed by atoms with Gasteiger partial charge in [0.1, 0.15) is 48.3 Å². The molecule has 0 radical (unpaired) electrons. The van der Waals surface area contributed by atoms with Crippen molar-refractivity contribution in [1.82, 2.24) is 63.4 Å². The number of carbonyl (C=O) groups excluding carboxylic acids is 13. The molecule has 544 valence electrons. The van der Waals surface area contributed by atoms with Crippen LogP contribution in [-0.4, -0.2) is 223 Å². The number of nitrogens with two attached hydrogens (primary N) is 8. The maximum Gasteiger partial charge on any atom is 0.245 e. The highest BCUT2D eigenvalue weighted by Crippen LogP contribution is 2.10. The van der Waals surface area contributed by atoms with Gasteiger partial charge >= 0.3 is 0 Å². The Balaban J connectivity index is 2.16. The number of nitrogens with one attached hydrogen (secondary N) is 11. The van der Waals surface area contributed by atoms with Gasteiger partial charge in [0.2, 0.25) is 76.8 Å². The molecule has 0 bridgehead atoms. The number of aliphatic hydroxyl groups excluding tert-OH is 2. The highest BCUT2D eigenvalue weighted by Gasteiger charge is 2.34. The number of hydrogen-bond acceptors (Lipinski definition) is 20. The molecular formula is C61H100N22O15. The van der Waals surface area contributed by atoms with Gasteiger partial charge < -0.3 is 119 Å². The van der Waals surface area contributed by atoms with Gasteiger partial charge in [0.15, 0.2) is 11.9 Å². The largest absolute Gasteiger partial charge is 0.394 e. The maximum absolute atomic E-state index is 14.1. The molecule has 0 aliphatic heterocycles. The molecule has 0 saturated carbocycles. The second kappa shape index (κ2) is 46.1. The van der Waals surface area contributed by atoms with E-state index in [4.69, 9.17) is 45.9 Å². The van der Waals surface area contributed by atoms with Gasteiger partial charge in [-0.25, -0.2) is 0 Å². The predicted octanol–water partition coefficient (Wildman–Crippen LogP) is -8.92. The van der Waals surface area contributed by atoms with E-state index in [1.54, 1.807) is 54.6 Å². The van der Waals surface area contributed by atoms with Gasteiger partial charge in [-0.05, 0) is 116 Å². The molecule has 2 aromatic carbocycles. The lowest BCUT2D eigenvalue weighted by Crippen LogP contribution is -2.60. The molecule has 2 rings (SSSR count). The molecule has 0 fully saturated rings. The molecular weight excluding hydrogens is 1280 g/mol. The van der Waals surface area contributed by atoms with Crippen molar-refractivity contribution in [2.45, 2.75) is 158 Å². The van der Waals surface area contributed by atoms with E-state index in [-0.39, 0.29) is 89.5 Å². The number of rotatable bonds is 47. The fraction of sp³-hybridized carbons (Fsp3) is 0.557. The van der Waals surface area contributed by atoms with Crippen LogP contribution in [0.2, 0.25) is 0 Å². The summed E-state index contributed by atoms with van der Waals surface area (Å²) in [6.45, 7) is 0.456. The summed E-state index contributed by atoms with van der Waals surface area (Å²) in [6, 6.07) is 4.94. The third-order valence-electron chi connectivity index (χ3n) is 14.6. The van der Waals surface area contributed by atoms with Crippen molar-refractivity contribution in [3.63, 3.8) is 0 Å². The summed E-state index contributed by atoms with van der Waals surface area (Å²) in [6.07, 6.45) is 0.400. The number of guanidine groups is 2. The number of carbonyl (C=O) groups is 13. The Morgan fingerprint density at radius 1 is 0.459 bits per heavy atom. The average molecular weight is 1380 g/mol. The summed E-state index contributed by atoms with van der Waals surface area (Å²) in [7, 11) is 0. The fourth-order valence-electron chi connectivity index (χ4n) is 9.15. The second-order valence-electron chi connectivity index (χ2n) is 22.9. The molecule has 37 nitrogen and oxygen atoms in total. The van der Waals surface area contributed by atoms with Crippen LogP contribution < -0.4 is 104 Å². The van der Waals surface area contributed by atoms with Gasteiger partial charge in [-0.3, -0.25) is 72.3 Å². The third-order valence-corrected chi connectivity index (χ3v) is 14.6. The number of hydrogen-bond donors (Lipinski definition) is 21. The van der Waals surface area contributed by atoms with Crippen LogP contribution in [0, 0.1) is 0 Å². The summed E-state index contributed by atoms with van der Waals surface area (Å²) < 4.78 is 0. The van der Waals surface area contributed by atoms with Crippen LogP contribution in [0.3, 0.4) is 0 Å². The zero-order valence-corrected chi connectivity index (χ0v) is 55.6. The van der Waals surface area contributed by atoms with Gasteiger partial charge in [0.25, 0.3) is 0 Å². The van der Waals surface area contributed by atoms with Gasteiger partial charge in [-0.1, -0.05) is 60.7 Å². The first-order valence-electron chi connectivity index (χ1n) is 31.9. The van der Waals surface area contributed by atoms with Crippen LogP contribution in [0.4, 0.5) is 0 Å². The fourth-order valence-corrected chi connectivity index (χ4v) is 9.15. The van der Waals surface area contributed by atoms with Gasteiger partial charge in [0.05, 0.1) is 44.9 Å². The van der Waals surface area contributed by atoms with Crippen LogP contribution in [0.5, 0.6) is 0 Å². The van der Waals surface area contributed by atoms with Crippen LogP contribution >= 0.6 is 0 Å². The molecule has 0 unspecified atom stereocenters. The topological polar surface area (TPSA) is 631 Å². The summed E-state index contributed by atoms with van der Waals surface area (Å²) in [5, 5.41) is 47.5. The smallest absolute Gasteiger partial charge is 0.245 e. The Bertz CT molecular complexity index is 2990. The van der Waals surface area contributed by atoms with Crippen molar-refractivity contribution >= 4 is 88.7 Å². The minimum Gasteiger partial charge on any atom is -0.394 e. The second-order valence-corrected chi connectivity index (χ2v) is 22.9. The molecule has 0 aliphatic rings. The zero-order chi connectivity index (χ0) is 73.3. The number of unbranched alkanes of at least 4 members (excludes halogenated alkanes) is 2. The van der Waals surface area contributed by atoms with Crippen LogP contribution in [-0.2, 0) is 75.3 Å². The van der Waals surface area contributed by atoms with Crippen molar-refractivity contribution in [3.8, 4) is 0 Å². The Hall–Kier alpha value is -10.1. The first-order chi connectivity index (χ1) is 46.5. The van der Waals surface area contributed by atoms with E-state index in [0.29, 0.717) is 31.4 Å². The number of aliphatic hydroxyl groups is 2. The Morgan fingerprint density at radius 3 is 1.37 bits per heavy atom. The molecule has 10 atom stereocenters. The lowest BCUT2D eigenvalue weighted by Gasteiger charge is -2.26. The quantitative estimate of drug-likeness (QED) is 0.0166. The third kappa shape index (κ3) is 34.0. The molecule has 0 saturated heterocycles. The number of nitrogens with zero attached hydrogens (tertiary/aromatic N) is 3. The Labute approximate surface area is 567 Å². The summed E-state index contributed by atoms with van der Waals surface area (Å²) >= 11 is 0. The van der Waals surface area contributed by atoms with Gasteiger partial charge in [-0.15, -0.1) is 0 Å². The van der Waals surface area contributed by atoms with Crippen molar-refractivity contribution in [3.05, 3.63) is 71.8 Å². The summed E-state index contributed by atoms with van der Waals surface area (Å²) in [5.41, 5.74) is 46.0. The molecule has 29 N–H and O–H groups in total. The first kappa shape index (κ1) is 84.0. The van der Waals surface area contributed by atoms with Crippen LogP contribution in [0.1, 0.15) is 96.1 Å². The van der Waals surface area contributed by atoms with E-state index in [9.17, 15) is 72.5 Å². The lowest BCUT2D eigenvalue weighted by molar-refractivity contribution is -0.138. The van der Waals surface area contributed by atoms with Crippen molar-refractivity contribution < 1.29 is 72.5 Å². The van der Waals surface area contributed by atoms with Crippen molar-refractivity contribution in [2.24, 2.45) is 55.9 Å². The highest BCUT2D eigenvalue weighted by atomic mass is 16.3. The molecule has 0 spiro atoms. The van der Waals surface area contributed by atoms with E-state index >= 15 is 0 Å². The standard InChI is InChI=1S/C61H100N22O15/c1-35(75-47(87)30-74-59(98)50(37(3)85)82-48(88)33-83(32-39-18-8-5-9-19-39)49(89)31-72-46(86)29-73-54(93)40(64)28-38-16-6-4-7-17-38)52(91)78-44(23-15-27-71-61(68)69)56(95)80-42(21-11-13-25-63)57(96)81-45(34-84)58(97)76-36(2)53(92)79-43(22-14-26-70-60(66)67)55(94)77-41(51(65)90)20-10-12-24-62/h4-9,16-19,35-37,40-45,50,84-85H,10-15,20-34,62-64H2,1-3H3,(H2,65,90)(H,72,86)(H,73,93)(H,74,98)(H,75,87)(H,76,97)(H,77,94)(H,78,91)(H,79,92)(H,80,95)(H,81,96)(H,82,88)(H4,66,67,70)(H4,68,69,71)/t35-,36-,37+,40-,41-,42-,43-,44-,45-,50-/m0/s1. The number of primary amides is 1. The molecule has 98 heavy (non-hydrogen) atoms. The molecule has 0 aliphatic carbocycles. The number of aliphatic imine (C=N–C) groups is 2. The number of benzene rings is 2. The van der Waals surface area contributed by atoms with Crippen molar-refractivity contribution in [2.75, 3.05) is 59.0 Å². The first-order valence-corrected chi connectivity index (χ1v) is 31.9. The Morgan fingerprint density at radius 2 is 0.888 bits per heavy atom. The predicted molar refractivity (Wildman–Crippen MR) is 359 cm³/mol. The van der Waals surface area contributed by atoms with E-state index in [1.165, 1.54) is 20.8 Å². The zero-order valence-electron chi connectivity index (χ0n) is 55.6. The molecule has 0 aromatic heterocycles. The minimum absolute atomic E-state index is 0.0232. The number of amides is 13. The Kier molecular flexibility index (Phi) is 39.5. The molecule has 37 heteroatoms. The van der Waals surface area contributed by atoms with Gasteiger partial charge in [0, 0.05) is 19.6 Å². The normalized spacial score (nSPS) is 13.9. The van der Waals surface area contributed by atoms with E-state index in [0.717, 1.165) is 10.5 Å². The monoisotopic (exact) mass is 1380 g/mol. The van der Waals surface area contributed by atoms with Crippen LogP contribution in [0.15, 0.2) is 70.6 Å². The van der Waals surface area contributed by atoms with Crippen molar-refractivity contribution in [1.29, 1.82) is 0 Å². The van der Waals surface area contributed by atoms with E-state index in [1.807, 2.05) is 6.07 Å². The SMILES string of the molecule is C[C@H](NC(=O)CNC(=O)[C@@H](NC(=O)CN(Cc1ccccc1)C(=O)CNC(=O)CNC(=O)[C@@H](N)Cc1ccccc1)[C@@H](C)O)C(=O)N[C@@H](CCCN=C(N)N)C(=O)N[C@@H](CCCCN)C(=O)N[C@@H](CO)C(=O)N[C@@H](C)C(=O)N[C@@H](CCCN=C(N)N)C(=O)N[C@@H](CCCCN)C(N)=O. The lowest BCUT2D eigenvalue weighted by atomic mass is 10.1. The summed E-state index contributed by atoms with van der Waals surface area (Å²) in [4.78, 5) is 182. The molecule has 13 amide bonds. The van der Waals surface area contributed by atoms with E-state index < -0.39 is 170 Å². The maximum atomic E-state index is 14.1. The van der Waals surface area contributed by atoms with Crippen LogP contribution in [0.25, 0.3) is 0 Å². The highest BCUT2D eigenvalue weighted by molar-refractivity contribution is 5.98. The molecule has 0 heterocycles. The molecule has 2 aromatic rings.